The zero-order valence-corrected chi connectivity index (χ0v) is 15.4. The van der Waals surface area contributed by atoms with E-state index < -0.39 is 11.6 Å². The number of benzene rings is 2. The standard InChI is InChI=1S/C22H16F2N4O/c1-12-16-7-13(4-5-20(16)27-26-12)14-8-18(23)17(19(24)9-14)10-28-11-21-15(22(28)29)3-2-6-25-21/h2-9,11,29H,10H2,1H3,(H,26,27). The van der Waals surface area contributed by atoms with Gasteiger partial charge in [0.1, 0.15) is 11.6 Å². The van der Waals surface area contributed by atoms with Crippen LogP contribution in [0.15, 0.2) is 54.9 Å². The predicted octanol–water partition coefficient (Wildman–Crippen LogP) is 4.92. The van der Waals surface area contributed by atoms with Gasteiger partial charge in [-0.1, -0.05) is 6.07 Å². The first-order valence-corrected chi connectivity index (χ1v) is 9.07. The van der Waals surface area contributed by atoms with Gasteiger partial charge in [0.25, 0.3) is 0 Å². The van der Waals surface area contributed by atoms with Gasteiger partial charge in [-0.15, -0.1) is 0 Å². The molecule has 0 unspecified atom stereocenters. The van der Waals surface area contributed by atoms with Crippen molar-refractivity contribution in [1.29, 1.82) is 0 Å². The van der Waals surface area contributed by atoms with Gasteiger partial charge in [-0.3, -0.25) is 10.1 Å². The molecule has 0 aliphatic carbocycles. The van der Waals surface area contributed by atoms with Crippen LogP contribution in [0.3, 0.4) is 0 Å². The van der Waals surface area contributed by atoms with Gasteiger partial charge in [0.2, 0.25) is 5.88 Å². The summed E-state index contributed by atoms with van der Waals surface area (Å²) in [7, 11) is 0. The summed E-state index contributed by atoms with van der Waals surface area (Å²) in [6, 6.07) is 11.5. The Labute approximate surface area is 164 Å². The number of fused-ring (bicyclic) bond motifs is 2. The molecule has 2 aromatic carbocycles. The number of aromatic hydroxyl groups is 1. The Bertz CT molecular complexity index is 1360. The molecule has 5 nitrogen and oxygen atoms in total. The summed E-state index contributed by atoms with van der Waals surface area (Å²) >= 11 is 0. The highest BCUT2D eigenvalue weighted by molar-refractivity contribution is 5.86. The molecule has 0 aliphatic heterocycles. The maximum Gasteiger partial charge on any atom is 0.201 e. The highest BCUT2D eigenvalue weighted by Gasteiger charge is 2.16. The summed E-state index contributed by atoms with van der Waals surface area (Å²) in [5.41, 5.74) is 3.27. The lowest BCUT2D eigenvalue weighted by Crippen LogP contribution is -2.04. The van der Waals surface area contributed by atoms with E-state index >= 15 is 0 Å². The highest BCUT2D eigenvalue weighted by atomic mass is 19.1. The predicted molar refractivity (Wildman–Crippen MR) is 107 cm³/mol. The van der Waals surface area contributed by atoms with Crippen molar-refractivity contribution >= 4 is 21.8 Å². The van der Waals surface area contributed by atoms with Gasteiger partial charge in [-0.25, -0.2) is 8.78 Å². The fourth-order valence-electron chi connectivity index (χ4n) is 3.60. The zero-order chi connectivity index (χ0) is 20.1. The van der Waals surface area contributed by atoms with Gasteiger partial charge >= 0.3 is 0 Å². The molecule has 29 heavy (non-hydrogen) atoms. The minimum atomic E-state index is -0.672. The van der Waals surface area contributed by atoms with Gasteiger partial charge in [0, 0.05) is 29.0 Å². The number of rotatable bonds is 3. The van der Waals surface area contributed by atoms with E-state index in [1.807, 2.05) is 19.1 Å². The van der Waals surface area contributed by atoms with Crippen LogP contribution in [0.25, 0.3) is 32.9 Å². The smallest absolute Gasteiger partial charge is 0.201 e. The Kier molecular flexibility index (Phi) is 3.84. The summed E-state index contributed by atoms with van der Waals surface area (Å²) in [6.45, 7) is 1.76. The molecule has 5 aromatic rings. The van der Waals surface area contributed by atoms with E-state index in [4.69, 9.17) is 0 Å². The van der Waals surface area contributed by atoms with Gasteiger partial charge in [0.05, 0.1) is 23.0 Å². The Morgan fingerprint density at radius 2 is 1.79 bits per heavy atom. The van der Waals surface area contributed by atoms with Gasteiger partial charge in [-0.2, -0.15) is 5.10 Å². The minimum absolute atomic E-state index is 0.0724. The molecule has 7 heteroatoms. The van der Waals surface area contributed by atoms with E-state index in [2.05, 4.69) is 15.2 Å². The molecule has 5 rings (SSSR count). The Hall–Kier alpha value is -3.74. The van der Waals surface area contributed by atoms with E-state index in [9.17, 15) is 13.9 Å². The van der Waals surface area contributed by atoms with Gasteiger partial charge in [0.15, 0.2) is 0 Å². The van der Waals surface area contributed by atoms with Crippen LogP contribution in [0.1, 0.15) is 11.3 Å². The number of pyridine rings is 1. The Morgan fingerprint density at radius 3 is 2.55 bits per heavy atom. The lowest BCUT2D eigenvalue weighted by Gasteiger charge is -2.10. The number of aromatic amines is 1. The number of halogens is 2. The fraction of sp³-hybridized carbons (Fsp3) is 0.0909. The highest BCUT2D eigenvalue weighted by Crippen LogP contribution is 2.30. The van der Waals surface area contributed by atoms with E-state index in [-0.39, 0.29) is 18.0 Å². The van der Waals surface area contributed by atoms with E-state index in [1.54, 1.807) is 30.6 Å². The SMILES string of the molecule is Cc1[nH]nc2ccc(-c3cc(F)c(Cn4cc5ncccc5c4O)c(F)c3)cc12. The van der Waals surface area contributed by atoms with Crippen molar-refractivity contribution in [3.8, 4) is 17.0 Å². The molecule has 144 valence electrons. The molecule has 0 saturated carbocycles. The maximum absolute atomic E-state index is 14.8. The van der Waals surface area contributed by atoms with Crippen LogP contribution in [0, 0.1) is 18.6 Å². The van der Waals surface area contributed by atoms with Crippen LogP contribution < -0.4 is 0 Å². The third-order valence-electron chi connectivity index (χ3n) is 5.18. The van der Waals surface area contributed by atoms with Gasteiger partial charge in [-0.05, 0) is 54.4 Å². The van der Waals surface area contributed by atoms with Crippen molar-refractivity contribution in [2.45, 2.75) is 13.5 Å². The topological polar surface area (TPSA) is 66.7 Å². The molecule has 0 saturated heterocycles. The minimum Gasteiger partial charge on any atom is -0.494 e. The first-order chi connectivity index (χ1) is 14.0. The largest absolute Gasteiger partial charge is 0.494 e. The molecule has 0 amide bonds. The number of nitrogens with one attached hydrogen (secondary N) is 1. The summed E-state index contributed by atoms with van der Waals surface area (Å²) in [5, 5.41) is 18.9. The monoisotopic (exact) mass is 390 g/mol. The van der Waals surface area contributed by atoms with Crippen LogP contribution >= 0.6 is 0 Å². The molecule has 0 fully saturated rings. The van der Waals surface area contributed by atoms with Crippen molar-refractivity contribution < 1.29 is 13.9 Å². The third-order valence-corrected chi connectivity index (χ3v) is 5.18. The lowest BCUT2D eigenvalue weighted by atomic mass is 10.0. The molecule has 0 bridgehead atoms. The molecular formula is C22H16F2N4O. The second kappa shape index (κ2) is 6.41. The van der Waals surface area contributed by atoms with Crippen molar-refractivity contribution in [3.63, 3.8) is 0 Å². The van der Waals surface area contributed by atoms with Gasteiger partial charge < -0.3 is 9.67 Å². The summed E-state index contributed by atoms with van der Waals surface area (Å²) in [4.78, 5) is 4.15. The fourth-order valence-corrected chi connectivity index (χ4v) is 3.60. The van der Waals surface area contributed by atoms with E-state index in [1.165, 1.54) is 16.7 Å². The summed E-state index contributed by atoms with van der Waals surface area (Å²) in [5.74, 6) is -1.42. The number of aromatic nitrogens is 4. The zero-order valence-electron chi connectivity index (χ0n) is 15.4. The van der Waals surface area contributed by atoms with Crippen LogP contribution in [0.4, 0.5) is 8.78 Å². The Morgan fingerprint density at radius 1 is 1.00 bits per heavy atom. The van der Waals surface area contributed by atoms with Crippen LogP contribution in [0.2, 0.25) is 0 Å². The lowest BCUT2D eigenvalue weighted by molar-refractivity contribution is 0.425. The van der Waals surface area contributed by atoms with Crippen molar-refractivity contribution in [1.82, 2.24) is 19.7 Å². The first-order valence-electron chi connectivity index (χ1n) is 9.07. The van der Waals surface area contributed by atoms with E-state index in [0.29, 0.717) is 22.0 Å². The number of nitrogens with zero attached hydrogens (tertiary/aromatic N) is 3. The normalized spacial score (nSPS) is 11.6. The first kappa shape index (κ1) is 17.4. The second-order valence-corrected chi connectivity index (χ2v) is 7.02. The van der Waals surface area contributed by atoms with E-state index in [0.717, 1.165) is 16.6 Å². The third kappa shape index (κ3) is 2.82. The average Bonchev–Trinajstić information content (AvgIpc) is 3.24. The summed E-state index contributed by atoms with van der Waals surface area (Å²) in [6.07, 6.45) is 3.17. The number of hydrogen-bond donors (Lipinski definition) is 2. The number of H-pyrrole nitrogens is 1. The number of aryl methyl sites for hydroxylation is 1. The van der Waals surface area contributed by atoms with Crippen molar-refractivity contribution in [2.24, 2.45) is 0 Å². The number of hydrogen-bond acceptors (Lipinski definition) is 3. The van der Waals surface area contributed by atoms with Crippen LogP contribution in [-0.2, 0) is 6.54 Å². The van der Waals surface area contributed by atoms with Crippen LogP contribution in [0.5, 0.6) is 5.88 Å². The molecule has 3 aromatic heterocycles. The quantitative estimate of drug-likeness (QED) is 0.460. The van der Waals surface area contributed by atoms with Crippen LogP contribution in [-0.4, -0.2) is 24.9 Å². The second-order valence-electron chi connectivity index (χ2n) is 7.02. The van der Waals surface area contributed by atoms with Crippen molar-refractivity contribution in [2.75, 3.05) is 0 Å². The molecule has 3 heterocycles. The molecule has 0 aliphatic rings. The van der Waals surface area contributed by atoms with Crippen molar-refractivity contribution in [3.05, 3.63) is 77.8 Å². The Balaban J connectivity index is 1.55. The maximum atomic E-state index is 14.8. The molecular weight excluding hydrogens is 374 g/mol. The molecule has 0 radical (unpaired) electrons. The average molecular weight is 390 g/mol. The molecule has 2 N–H and O–H groups in total. The molecule has 0 spiro atoms. The molecule has 0 atom stereocenters. The summed E-state index contributed by atoms with van der Waals surface area (Å²) < 4.78 is 31.1.